The van der Waals surface area contributed by atoms with E-state index in [2.05, 4.69) is 14.1 Å². The first kappa shape index (κ1) is 15.1. The first-order valence-electron chi connectivity index (χ1n) is 6.08. The molecule has 0 N–H and O–H groups in total. The molecule has 18 heavy (non-hydrogen) atoms. The van der Waals surface area contributed by atoms with Gasteiger partial charge in [-0.2, -0.15) is 0 Å². The number of benzene rings is 1. The van der Waals surface area contributed by atoms with Gasteiger partial charge in [0.1, 0.15) is 0 Å². The van der Waals surface area contributed by atoms with Gasteiger partial charge in [0.05, 0.1) is 43.1 Å². The lowest BCUT2D eigenvalue weighted by atomic mass is 10.2. The standard InChI is InChI=1S/C7H8O3S.C6H14N/c8-11(9,10)6-7-4-2-1-3-5-7;1-7(2)5-3-4-6-7/h1-5H,6H2,(H,8,9,10);3-6H2,1-2H3/q;+1/p-1. The van der Waals surface area contributed by atoms with Crippen LogP contribution in [0.5, 0.6) is 0 Å². The zero-order chi connectivity index (χ0) is 13.6. The van der Waals surface area contributed by atoms with Gasteiger partial charge in [-0.3, -0.25) is 0 Å². The zero-order valence-electron chi connectivity index (χ0n) is 11.0. The Labute approximate surface area is 110 Å². The fourth-order valence-electron chi connectivity index (χ4n) is 1.97. The Morgan fingerprint density at radius 2 is 1.61 bits per heavy atom. The summed E-state index contributed by atoms with van der Waals surface area (Å²) in [7, 11) is 0.470. The van der Waals surface area contributed by atoms with Gasteiger partial charge in [-0.15, -0.1) is 0 Å². The van der Waals surface area contributed by atoms with Crippen molar-refractivity contribution in [3.63, 3.8) is 0 Å². The Bertz CT molecular complexity index is 446. The highest BCUT2D eigenvalue weighted by Crippen LogP contribution is 2.11. The second-order valence-electron chi connectivity index (χ2n) is 5.28. The van der Waals surface area contributed by atoms with Gasteiger partial charge in [-0.25, -0.2) is 8.42 Å². The molecule has 1 aromatic carbocycles. The molecule has 1 aliphatic rings. The molecule has 102 valence electrons. The maximum Gasteiger partial charge on any atom is 0.0988 e. The molecule has 1 saturated heterocycles. The van der Waals surface area contributed by atoms with E-state index in [0.717, 1.165) is 0 Å². The summed E-state index contributed by atoms with van der Waals surface area (Å²) >= 11 is 0. The van der Waals surface area contributed by atoms with Crippen LogP contribution in [0.3, 0.4) is 0 Å². The average molecular weight is 271 g/mol. The van der Waals surface area contributed by atoms with Gasteiger partial charge in [0.25, 0.3) is 0 Å². The topological polar surface area (TPSA) is 57.2 Å². The van der Waals surface area contributed by atoms with Crippen LogP contribution >= 0.6 is 0 Å². The van der Waals surface area contributed by atoms with Crippen molar-refractivity contribution in [2.24, 2.45) is 0 Å². The quantitative estimate of drug-likeness (QED) is 0.606. The lowest BCUT2D eigenvalue weighted by molar-refractivity contribution is -0.877. The Kier molecular flexibility index (Phi) is 5.31. The van der Waals surface area contributed by atoms with E-state index < -0.39 is 15.9 Å². The van der Waals surface area contributed by atoms with E-state index in [-0.39, 0.29) is 0 Å². The van der Waals surface area contributed by atoms with Crippen LogP contribution in [0.15, 0.2) is 30.3 Å². The molecule has 1 fully saturated rings. The Morgan fingerprint density at radius 1 is 1.11 bits per heavy atom. The highest BCUT2D eigenvalue weighted by atomic mass is 32.2. The number of hydrogen-bond acceptors (Lipinski definition) is 3. The van der Waals surface area contributed by atoms with Gasteiger partial charge in [0, 0.05) is 12.8 Å². The second kappa shape index (κ2) is 6.31. The summed E-state index contributed by atoms with van der Waals surface area (Å²) in [6, 6.07) is 8.37. The highest BCUT2D eigenvalue weighted by molar-refractivity contribution is 7.84. The molecule has 5 heteroatoms. The molecular weight excluding hydrogens is 250 g/mol. The molecule has 1 heterocycles. The van der Waals surface area contributed by atoms with E-state index in [1.165, 1.54) is 30.4 Å². The Morgan fingerprint density at radius 3 is 1.94 bits per heavy atom. The first-order valence-corrected chi connectivity index (χ1v) is 7.66. The van der Waals surface area contributed by atoms with Crippen LogP contribution in [0.25, 0.3) is 0 Å². The molecule has 0 bridgehead atoms. The molecule has 4 nitrogen and oxygen atoms in total. The third-order valence-corrected chi connectivity index (χ3v) is 3.65. The molecule has 2 rings (SSSR count). The van der Waals surface area contributed by atoms with Crippen molar-refractivity contribution >= 4 is 10.1 Å². The summed E-state index contributed by atoms with van der Waals surface area (Å²) in [6.45, 7) is 2.78. The molecule has 0 radical (unpaired) electrons. The Hall–Kier alpha value is -0.910. The molecule has 0 aliphatic carbocycles. The van der Waals surface area contributed by atoms with Gasteiger partial charge >= 0.3 is 0 Å². The average Bonchev–Trinajstić information content (AvgIpc) is 2.63. The van der Waals surface area contributed by atoms with E-state index >= 15 is 0 Å². The number of quaternary nitrogens is 1. The summed E-state index contributed by atoms with van der Waals surface area (Å²) in [5.41, 5.74) is 0.530. The number of hydrogen-bond donors (Lipinski definition) is 0. The Balaban J connectivity index is 0.000000199. The molecular formula is C13H21NO3S. The molecule has 0 unspecified atom stereocenters. The highest BCUT2D eigenvalue weighted by Gasteiger charge is 2.19. The zero-order valence-corrected chi connectivity index (χ0v) is 11.8. The van der Waals surface area contributed by atoms with Crippen molar-refractivity contribution in [3.8, 4) is 0 Å². The summed E-state index contributed by atoms with van der Waals surface area (Å²) < 4.78 is 32.0. The number of nitrogens with zero attached hydrogens (tertiary/aromatic N) is 1. The largest absolute Gasteiger partial charge is 0.748 e. The van der Waals surface area contributed by atoms with Crippen molar-refractivity contribution in [2.75, 3.05) is 27.2 Å². The van der Waals surface area contributed by atoms with Gasteiger partial charge < -0.3 is 9.04 Å². The van der Waals surface area contributed by atoms with Gasteiger partial charge in [0.15, 0.2) is 0 Å². The van der Waals surface area contributed by atoms with Crippen molar-refractivity contribution in [2.45, 2.75) is 18.6 Å². The van der Waals surface area contributed by atoms with Crippen molar-refractivity contribution in [3.05, 3.63) is 35.9 Å². The first-order chi connectivity index (χ1) is 8.29. The van der Waals surface area contributed by atoms with Crippen LogP contribution in [-0.4, -0.2) is 44.6 Å². The molecule has 0 saturated carbocycles. The SMILES string of the molecule is C[N+]1(C)CCCC1.O=S(=O)([O-])Cc1ccccc1. The predicted molar refractivity (Wildman–Crippen MR) is 70.9 cm³/mol. The molecule has 0 aromatic heterocycles. The lowest BCUT2D eigenvalue weighted by Crippen LogP contribution is -2.35. The summed E-state index contributed by atoms with van der Waals surface area (Å²) in [5.74, 6) is -0.423. The van der Waals surface area contributed by atoms with E-state index in [4.69, 9.17) is 0 Å². The van der Waals surface area contributed by atoms with Crippen molar-refractivity contribution < 1.29 is 17.5 Å². The van der Waals surface area contributed by atoms with Crippen molar-refractivity contribution in [1.29, 1.82) is 0 Å². The fourth-order valence-corrected chi connectivity index (χ4v) is 2.57. The minimum Gasteiger partial charge on any atom is -0.748 e. The summed E-state index contributed by atoms with van der Waals surface area (Å²) in [5, 5.41) is 0. The predicted octanol–water partition coefficient (Wildman–Crippen LogP) is 1.59. The monoisotopic (exact) mass is 271 g/mol. The van der Waals surface area contributed by atoms with E-state index in [1.54, 1.807) is 30.3 Å². The summed E-state index contributed by atoms with van der Waals surface area (Å²) in [6.07, 6.45) is 2.88. The lowest BCUT2D eigenvalue weighted by Gasteiger charge is -2.21. The maximum atomic E-state index is 10.2. The van der Waals surface area contributed by atoms with E-state index in [1.807, 2.05) is 0 Å². The van der Waals surface area contributed by atoms with Gasteiger partial charge in [0.2, 0.25) is 0 Å². The molecule has 0 spiro atoms. The van der Waals surface area contributed by atoms with Gasteiger partial charge in [-0.05, 0) is 5.56 Å². The van der Waals surface area contributed by atoms with E-state index in [0.29, 0.717) is 5.56 Å². The minimum atomic E-state index is -4.13. The second-order valence-corrected chi connectivity index (χ2v) is 6.68. The van der Waals surface area contributed by atoms with Crippen LogP contribution in [0.2, 0.25) is 0 Å². The third kappa shape index (κ3) is 6.74. The van der Waals surface area contributed by atoms with Crippen LogP contribution in [0.4, 0.5) is 0 Å². The third-order valence-electron chi connectivity index (χ3n) is 2.96. The fraction of sp³-hybridized carbons (Fsp3) is 0.538. The minimum absolute atomic E-state index is 0.423. The molecule has 0 atom stereocenters. The van der Waals surface area contributed by atoms with Crippen molar-refractivity contribution in [1.82, 2.24) is 0 Å². The van der Waals surface area contributed by atoms with Gasteiger partial charge in [-0.1, -0.05) is 30.3 Å². The number of likely N-dealkylation sites (tertiary alicyclic amines) is 1. The van der Waals surface area contributed by atoms with Crippen LogP contribution in [0, 0.1) is 0 Å². The number of rotatable bonds is 2. The van der Waals surface area contributed by atoms with Crippen LogP contribution in [-0.2, 0) is 15.9 Å². The molecule has 1 aliphatic heterocycles. The summed E-state index contributed by atoms with van der Waals surface area (Å²) in [4.78, 5) is 0. The maximum absolute atomic E-state index is 10.2. The molecule has 1 aromatic rings. The van der Waals surface area contributed by atoms with E-state index in [9.17, 15) is 13.0 Å². The normalized spacial score (nSPS) is 17.9. The smallest absolute Gasteiger partial charge is 0.0988 e. The van der Waals surface area contributed by atoms with Crippen LogP contribution in [0.1, 0.15) is 18.4 Å². The molecule has 0 amide bonds. The van der Waals surface area contributed by atoms with Crippen LogP contribution < -0.4 is 0 Å².